The van der Waals surface area contributed by atoms with Crippen molar-refractivity contribution in [1.82, 2.24) is 19.6 Å². The zero-order valence-electron chi connectivity index (χ0n) is 11.3. The van der Waals surface area contributed by atoms with Crippen molar-refractivity contribution in [2.24, 2.45) is 0 Å². The van der Waals surface area contributed by atoms with Crippen LogP contribution in [0.1, 0.15) is 11.1 Å². The Balaban J connectivity index is 1.77. The van der Waals surface area contributed by atoms with Crippen molar-refractivity contribution in [1.29, 1.82) is 0 Å². The zero-order valence-corrected chi connectivity index (χ0v) is 12.9. The molecule has 0 fully saturated rings. The van der Waals surface area contributed by atoms with Crippen molar-refractivity contribution in [2.75, 3.05) is 11.9 Å². The van der Waals surface area contributed by atoms with E-state index in [1.54, 1.807) is 4.52 Å². The number of rotatable bonds is 4. The van der Waals surface area contributed by atoms with Gasteiger partial charge in [-0.1, -0.05) is 35.3 Å². The van der Waals surface area contributed by atoms with E-state index in [1.165, 1.54) is 11.9 Å². The summed E-state index contributed by atoms with van der Waals surface area (Å²) in [6.45, 7) is 2.65. The van der Waals surface area contributed by atoms with Gasteiger partial charge in [-0.3, -0.25) is 0 Å². The van der Waals surface area contributed by atoms with Crippen LogP contribution < -0.4 is 5.32 Å². The maximum Gasteiger partial charge on any atom is 0.255 e. The van der Waals surface area contributed by atoms with Crippen LogP contribution in [-0.2, 0) is 6.42 Å². The summed E-state index contributed by atoms with van der Waals surface area (Å²) in [5.74, 6) is 1.30. The third-order valence-corrected chi connectivity index (χ3v) is 3.84. The Morgan fingerprint density at radius 1 is 1.19 bits per heavy atom. The van der Waals surface area contributed by atoms with Crippen LogP contribution in [0.5, 0.6) is 0 Å². The molecule has 3 aromatic rings. The van der Waals surface area contributed by atoms with E-state index in [2.05, 4.69) is 20.4 Å². The zero-order chi connectivity index (χ0) is 14.8. The molecule has 7 heteroatoms. The molecule has 0 aliphatic carbocycles. The summed E-state index contributed by atoms with van der Waals surface area (Å²) in [7, 11) is 0. The molecule has 2 aromatic heterocycles. The molecule has 1 aromatic carbocycles. The molecule has 21 heavy (non-hydrogen) atoms. The van der Waals surface area contributed by atoms with Crippen molar-refractivity contribution in [3.05, 3.63) is 51.9 Å². The first-order valence-electron chi connectivity index (χ1n) is 6.49. The van der Waals surface area contributed by atoms with E-state index in [1.807, 2.05) is 31.2 Å². The maximum atomic E-state index is 6.12. The van der Waals surface area contributed by atoms with Crippen molar-refractivity contribution in [2.45, 2.75) is 13.3 Å². The average Bonchev–Trinajstić information content (AvgIpc) is 2.93. The second-order valence-corrected chi connectivity index (χ2v) is 5.45. The second kappa shape index (κ2) is 5.87. The summed E-state index contributed by atoms with van der Waals surface area (Å²) >= 11 is 12.0. The monoisotopic (exact) mass is 321 g/mol. The molecule has 108 valence electrons. The van der Waals surface area contributed by atoms with Gasteiger partial charge in [-0.2, -0.15) is 19.6 Å². The number of anilines is 1. The summed E-state index contributed by atoms with van der Waals surface area (Å²) < 4.78 is 1.66. The first kappa shape index (κ1) is 14.1. The predicted octanol–water partition coefficient (Wildman–Crippen LogP) is 3.39. The summed E-state index contributed by atoms with van der Waals surface area (Å²) in [5, 5.41) is 8.69. The summed E-state index contributed by atoms with van der Waals surface area (Å²) in [5.41, 5.74) is 2.06. The molecule has 0 aliphatic heterocycles. The van der Waals surface area contributed by atoms with Crippen LogP contribution in [0.15, 0.2) is 30.6 Å². The van der Waals surface area contributed by atoms with E-state index >= 15 is 0 Å². The quantitative estimate of drug-likeness (QED) is 0.748. The highest BCUT2D eigenvalue weighted by atomic mass is 35.5. The van der Waals surface area contributed by atoms with Gasteiger partial charge in [-0.15, -0.1) is 0 Å². The number of nitrogens with one attached hydrogen (secondary N) is 1. The van der Waals surface area contributed by atoms with Crippen LogP contribution in [0.25, 0.3) is 5.78 Å². The lowest BCUT2D eigenvalue weighted by Crippen LogP contribution is -2.11. The fourth-order valence-electron chi connectivity index (χ4n) is 2.08. The van der Waals surface area contributed by atoms with E-state index in [9.17, 15) is 0 Å². The minimum Gasteiger partial charge on any atom is -0.369 e. The highest BCUT2D eigenvalue weighted by molar-refractivity contribution is 6.30. The first-order chi connectivity index (χ1) is 10.1. The van der Waals surface area contributed by atoms with Gasteiger partial charge in [0.15, 0.2) is 0 Å². The summed E-state index contributed by atoms with van der Waals surface area (Å²) in [4.78, 5) is 8.23. The van der Waals surface area contributed by atoms with Crippen LogP contribution in [-0.4, -0.2) is 26.1 Å². The Labute approximate surface area is 131 Å². The number of hydrogen-bond donors (Lipinski definition) is 1. The highest BCUT2D eigenvalue weighted by Crippen LogP contribution is 2.22. The molecule has 0 saturated carbocycles. The summed E-state index contributed by atoms with van der Waals surface area (Å²) in [6, 6.07) is 7.81. The Morgan fingerprint density at radius 2 is 1.95 bits per heavy atom. The molecule has 2 heterocycles. The van der Waals surface area contributed by atoms with Crippen molar-refractivity contribution >= 4 is 34.8 Å². The molecule has 0 atom stereocenters. The molecular formula is C14H13Cl2N5. The standard InChI is InChI=1S/C14H13Cl2N5/c1-9-12(16)20-14-18-8-19-21(14)13(9)17-7-6-10-2-4-11(15)5-3-10/h2-5,8,17H,6-7H2,1H3. The van der Waals surface area contributed by atoms with Crippen LogP contribution in [0.3, 0.4) is 0 Å². The molecule has 0 saturated heterocycles. The molecule has 5 nitrogen and oxygen atoms in total. The van der Waals surface area contributed by atoms with E-state index in [-0.39, 0.29) is 0 Å². The SMILES string of the molecule is Cc1c(Cl)nc2ncnn2c1NCCc1ccc(Cl)cc1. The Morgan fingerprint density at radius 3 is 2.71 bits per heavy atom. The molecule has 0 bridgehead atoms. The van der Waals surface area contributed by atoms with Crippen molar-refractivity contribution in [3.8, 4) is 0 Å². The molecule has 0 unspecified atom stereocenters. The third kappa shape index (κ3) is 2.94. The van der Waals surface area contributed by atoms with Crippen molar-refractivity contribution < 1.29 is 0 Å². The lowest BCUT2D eigenvalue weighted by molar-refractivity contribution is 0.903. The fourth-order valence-corrected chi connectivity index (χ4v) is 2.37. The number of hydrogen-bond acceptors (Lipinski definition) is 4. The van der Waals surface area contributed by atoms with E-state index < -0.39 is 0 Å². The van der Waals surface area contributed by atoms with Gasteiger partial charge >= 0.3 is 0 Å². The molecular weight excluding hydrogens is 309 g/mol. The number of benzene rings is 1. The van der Waals surface area contributed by atoms with Crippen LogP contribution >= 0.6 is 23.2 Å². The van der Waals surface area contributed by atoms with Gasteiger partial charge in [0.1, 0.15) is 17.3 Å². The van der Waals surface area contributed by atoms with Gasteiger partial charge in [0.05, 0.1) is 0 Å². The molecule has 1 N–H and O–H groups in total. The molecule has 0 amide bonds. The highest BCUT2D eigenvalue weighted by Gasteiger charge is 2.11. The predicted molar refractivity (Wildman–Crippen MR) is 84.2 cm³/mol. The van der Waals surface area contributed by atoms with E-state index in [4.69, 9.17) is 23.2 Å². The maximum absolute atomic E-state index is 6.12. The lowest BCUT2D eigenvalue weighted by atomic mass is 10.1. The van der Waals surface area contributed by atoms with Gasteiger partial charge < -0.3 is 5.32 Å². The summed E-state index contributed by atoms with van der Waals surface area (Å²) in [6.07, 6.45) is 2.33. The number of halogens is 2. The minimum atomic E-state index is 0.435. The number of nitrogens with zero attached hydrogens (tertiary/aromatic N) is 4. The van der Waals surface area contributed by atoms with Crippen LogP contribution in [0.2, 0.25) is 10.2 Å². The normalized spacial score (nSPS) is 11.0. The minimum absolute atomic E-state index is 0.435. The van der Waals surface area contributed by atoms with Crippen molar-refractivity contribution in [3.63, 3.8) is 0 Å². The van der Waals surface area contributed by atoms with Gasteiger partial charge in [0, 0.05) is 17.1 Å². The smallest absolute Gasteiger partial charge is 0.255 e. The van der Waals surface area contributed by atoms with Crippen LogP contribution in [0, 0.1) is 6.92 Å². The topological polar surface area (TPSA) is 55.1 Å². The molecule has 0 spiro atoms. The fraction of sp³-hybridized carbons (Fsp3) is 0.214. The number of aromatic nitrogens is 4. The van der Waals surface area contributed by atoms with E-state index in [0.29, 0.717) is 10.9 Å². The second-order valence-electron chi connectivity index (χ2n) is 4.65. The molecule has 0 radical (unpaired) electrons. The third-order valence-electron chi connectivity index (χ3n) is 3.22. The van der Waals surface area contributed by atoms with Gasteiger partial charge in [-0.05, 0) is 31.0 Å². The first-order valence-corrected chi connectivity index (χ1v) is 7.25. The lowest BCUT2D eigenvalue weighted by Gasteiger charge is -2.11. The largest absolute Gasteiger partial charge is 0.369 e. The molecule has 3 rings (SSSR count). The van der Waals surface area contributed by atoms with Crippen LogP contribution in [0.4, 0.5) is 5.82 Å². The molecule has 0 aliphatic rings. The number of fused-ring (bicyclic) bond motifs is 1. The Bertz CT molecular complexity index is 767. The van der Waals surface area contributed by atoms with E-state index in [0.717, 1.165) is 29.4 Å². The van der Waals surface area contributed by atoms with Gasteiger partial charge in [0.2, 0.25) is 0 Å². The van der Waals surface area contributed by atoms with Gasteiger partial charge in [0.25, 0.3) is 5.78 Å². The Hall–Kier alpha value is -1.85. The Kier molecular flexibility index (Phi) is 3.94. The average molecular weight is 322 g/mol. The van der Waals surface area contributed by atoms with Gasteiger partial charge in [-0.25, -0.2) is 0 Å².